The molecule has 0 saturated heterocycles. The number of rotatable bonds is 18. The molecule has 0 aromatic heterocycles. The van der Waals surface area contributed by atoms with Gasteiger partial charge >= 0.3 is 0 Å². The lowest BCUT2D eigenvalue weighted by Crippen LogP contribution is -2.41. The maximum atomic E-state index is 12.4. The lowest BCUT2D eigenvalue weighted by Gasteiger charge is -2.25. The summed E-state index contributed by atoms with van der Waals surface area (Å²) in [5, 5.41) is 3.26. The van der Waals surface area contributed by atoms with E-state index in [9.17, 15) is 19.2 Å². The third-order valence-electron chi connectivity index (χ3n) is 5.04. The molecule has 0 saturated carbocycles. The zero-order chi connectivity index (χ0) is 25.6. The third-order valence-corrected chi connectivity index (χ3v) is 5.04. The summed E-state index contributed by atoms with van der Waals surface area (Å²) in [6, 6.07) is 0. The second kappa shape index (κ2) is 15.9. The van der Waals surface area contributed by atoms with E-state index in [4.69, 9.17) is 0 Å². The van der Waals surface area contributed by atoms with Crippen LogP contribution in [0, 0.1) is 0 Å². The fourth-order valence-electron chi connectivity index (χ4n) is 3.01. The van der Waals surface area contributed by atoms with Gasteiger partial charge in [-0.1, -0.05) is 26.3 Å². The molecule has 0 aromatic rings. The minimum absolute atomic E-state index is 0.00284. The van der Waals surface area contributed by atoms with Gasteiger partial charge in [0.2, 0.25) is 11.8 Å². The number of allylic oxidation sites excluding steroid dienone is 2. The molecule has 0 bridgehead atoms. The molecule has 0 aromatic carbocycles. The molecular formula is C26H41N3O4. The fraction of sp³-hybridized carbons (Fsp3) is 0.538. The molecule has 0 spiro atoms. The Balaban J connectivity index is 4.64. The summed E-state index contributed by atoms with van der Waals surface area (Å²) in [7, 11) is 0. The van der Waals surface area contributed by atoms with Gasteiger partial charge in [-0.05, 0) is 51.7 Å². The lowest BCUT2D eigenvalue weighted by atomic mass is 10.1. The second-order valence-corrected chi connectivity index (χ2v) is 8.51. The van der Waals surface area contributed by atoms with Crippen LogP contribution in [0.4, 0.5) is 0 Å². The smallest absolute Gasteiger partial charge is 0.248 e. The SMILES string of the molecule is C=C(C)C(=O)CCCN(CCNCCN(CCCC(=O)C(=C)C)C(=O)C(=C)C)C(=O)C(=C)C. The summed E-state index contributed by atoms with van der Waals surface area (Å²) < 4.78 is 0. The van der Waals surface area contributed by atoms with Gasteiger partial charge in [-0.3, -0.25) is 19.2 Å². The molecule has 0 aliphatic rings. The average molecular weight is 460 g/mol. The number of nitrogens with zero attached hydrogens (tertiary/aromatic N) is 2. The average Bonchev–Trinajstić information content (AvgIpc) is 2.74. The van der Waals surface area contributed by atoms with Crippen molar-refractivity contribution in [3.63, 3.8) is 0 Å². The van der Waals surface area contributed by atoms with Gasteiger partial charge in [-0.15, -0.1) is 0 Å². The van der Waals surface area contributed by atoms with Gasteiger partial charge in [0.05, 0.1) is 0 Å². The predicted octanol–water partition coefficient (Wildman–Crippen LogP) is 3.24. The zero-order valence-electron chi connectivity index (χ0n) is 20.9. The van der Waals surface area contributed by atoms with E-state index in [0.717, 1.165) is 0 Å². The first-order valence-corrected chi connectivity index (χ1v) is 11.4. The van der Waals surface area contributed by atoms with Crippen LogP contribution in [0.2, 0.25) is 0 Å². The molecule has 7 heteroatoms. The quantitative estimate of drug-likeness (QED) is 0.251. The summed E-state index contributed by atoms with van der Waals surface area (Å²) in [6.07, 6.45) is 1.84. The molecular weight excluding hydrogens is 418 g/mol. The van der Waals surface area contributed by atoms with Gasteiger partial charge in [-0.25, -0.2) is 0 Å². The topological polar surface area (TPSA) is 86.8 Å². The molecule has 1 N–H and O–H groups in total. The Morgan fingerprint density at radius 2 is 0.909 bits per heavy atom. The lowest BCUT2D eigenvalue weighted by molar-refractivity contribution is -0.127. The van der Waals surface area contributed by atoms with Crippen LogP contribution in [0.3, 0.4) is 0 Å². The van der Waals surface area contributed by atoms with Crippen LogP contribution in [0.15, 0.2) is 48.6 Å². The van der Waals surface area contributed by atoms with E-state index >= 15 is 0 Å². The number of carbonyl (C=O) groups is 4. The molecule has 0 radical (unpaired) electrons. The number of hydrogen-bond acceptors (Lipinski definition) is 5. The van der Waals surface area contributed by atoms with Crippen LogP contribution >= 0.6 is 0 Å². The van der Waals surface area contributed by atoms with Crippen molar-refractivity contribution in [3.05, 3.63) is 48.6 Å². The Kier molecular flexibility index (Phi) is 14.6. The van der Waals surface area contributed by atoms with E-state index in [0.29, 0.717) is 87.2 Å². The van der Waals surface area contributed by atoms with Gasteiger partial charge in [-0.2, -0.15) is 0 Å². The summed E-state index contributed by atoms with van der Waals surface area (Å²) >= 11 is 0. The highest BCUT2D eigenvalue weighted by Gasteiger charge is 2.16. The third kappa shape index (κ3) is 12.7. The number of ketones is 2. The maximum absolute atomic E-state index is 12.4. The van der Waals surface area contributed by atoms with Gasteiger partial charge in [0.15, 0.2) is 11.6 Å². The standard InChI is InChI=1S/C26H41N3O4/c1-19(2)23(30)11-9-15-28(25(32)21(5)6)17-13-27-14-18-29(26(33)22(7)8)16-10-12-24(31)20(3)4/h27H,1,3,5,7,9-18H2,2,4,6,8H3. The summed E-state index contributed by atoms with van der Waals surface area (Å²) in [5.41, 5.74) is 1.94. The van der Waals surface area contributed by atoms with E-state index < -0.39 is 0 Å². The van der Waals surface area contributed by atoms with Crippen molar-refractivity contribution < 1.29 is 19.2 Å². The van der Waals surface area contributed by atoms with Crippen molar-refractivity contribution in [3.8, 4) is 0 Å². The molecule has 0 fully saturated rings. The maximum Gasteiger partial charge on any atom is 0.248 e. The molecule has 33 heavy (non-hydrogen) atoms. The van der Waals surface area contributed by atoms with Crippen LogP contribution in [0.25, 0.3) is 0 Å². The van der Waals surface area contributed by atoms with Crippen LogP contribution in [-0.4, -0.2) is 72.4 Å². The van der Waals surface area contributed by atoms with E-state index in [1.165, 1.54) is 0 Å². The normalized spacial score (nSPS) is 10.3. The largest absolute Gasteiger partial charge is 0.338 e. The van der Waals surface area contributed by atoms with Crippen molar-refractivity contribution in [1.82, 2.24) is 15.1 Å². The van der Waals surface area contributed by atoms with Crippen molar-refractivity contribution in [1.29, 1.82) is 0 Å². The number of nitrogens with one attached hydrogen (secondary N) is 1. The molecule has 2 amide bonds. The molecule has 0 rings (SSSR count). The second-order valence-electron chi connectivity index (χ2n) is 8.51. The van der Waals surface area contributed by atoms with Crippen molar-refractivity contribution in [2.45, 2.75) is 53.4 Å². The minimum atomic E-state index is -0.138. The molecule has 0 unspecified atom stereocenters. The zero-order valence-corrected chi connectivity index (χ0v) is 20.9. The van der Waals surface area contributed by atoms with Crippen LogP contribution < -0.4 is 5.32 Å². The van der Waals surface area contributed by atoms with E-state index in [1.807, 2.05) is 0 Å². The fourth-order valence-corrected chi connectivity index (χ4v) is 3.01. The van der Waals surface area contributed by atoms with Crippen LogP contribution in [-0.2, 0) is 19.2 Å². The first-order chi connectivity index (χ1) is 15.4. The molecule has 0 atom stereocenters. The van der Waals surface area contributed by atoms with Gasteiger partial charge in [0, 0.05) is 63.3 Å². The van der Waals surface area contributed by atoms with E-state index in [1.54, 1.807) is 37.5 Å². The minimum Gasteiger partial charge on any atom is -0.338 e. The van der Waals surface area contributed by atoms with Crippen LogP contribution in [0.5, 0.6) is 0 Å². The highest BCUT2D eigenvalue weighted by atomic mass is 16.2. The Morgan fingerprint density at radius 1 is 0.576 bits per heavy atom. The summed E-state index contributed by atoms with van der Waals surface area (Å²) in [5.74, 6) is -0.271. The van der Waals surface area contributed by atoms with Crippen molar-refractivity contribution in [2.75, 3.05) is 39.3 Å². The molecule has 7 nitrogen and oxygen atoms in total. The molecule has 0 aliphatic heterocycles. The van der Waals surface area contributed by atoms with Gasteiger partial charge < -0.3 is 15.1 Å². The first-order valence-electron chi connectivity index (χ1n) is 11.4. The van der Waals surface area contributed by atoms with E-state index in [2.05, 4.69) is 31.6 Å². The predicted molar refractivity (Wildman–Crippen MR) is 134 cm³/mol. The number of Topliss-reactive ketones (excluding diaryl/α,β-unsaturated/α-hetero) is 2. The summed E-state index contributed by atoms with van der Waals surface area (Å²) in [6.45, 7) is 24.4. The Morgan fingerprint density at radius 3 is 1.18 bits per heavy atom. The summed E-state index contributed by atoms with van der Waals surface area (Å²) in [4.78, 5) is 51.7. The van der Waals surface area contributed by atoms with E-state index in [-0.39, 0.29) is 23.4 Å². The highest BCUT2D eigenvalue weighted by Crippen LogP contribution is 2.06. The highest BCUT2D eigenvalue weighted by molar-refractivity contribution is 5.95. The number of amides is 2. The molecule has 0 heterocycles. The van der Waals surface area contributed by atoms with Gasteiger partial charge in [0.25, 0.3) is 0 Å². The van der Waals surface area contributed by atoms with Crippen molar-refractivity contribution >= 4 is 23.4 Å². The Bertz CT molecular complexity index is 718. The van der Waals surface area contributed by atoms with Crippen molar-refractivity contribution in [2.24, 2.45) is 0 Å². The Labute approximate surface area is 199 Å². The number of hydrogen-bond donors (Lipinski definition) is 1. The first kappa shape index (κ1) is 30.2. The van der Waals surface area contributed by atoms with Crippen LogP contribution in [0.1, 0.15) is 53.4 Å². The Hall–Kier alpha value is -2.80. The molecule has 0 aliphatic carbocycles. The monoisotopic (exact) mass is 459 g/mol. The molecule has 184 valence electrons. The number of carbonyl (C=O) groups excluding carboxylic acids is 4. The van der Waals surface area contributed by atoms with Gasteiger partial charge in [0.1, 0.15) is 0 Å².